The lowest BCUT2D eigenvalue weighted by Crippen LogP contribution is -2.38. The first-order valence-corrected chi connectivity index (χ1v) is 11.4. The van der Waals surface area contributed by atoms with Crippen LogP contribution in [0.1, 0.15) is 28.8 Å². The maximum absolute atomic E-state index is 13.0. The van der Waals surface area contributed by atoms with Gasteiger partial charge in [-0.2, -0.15) is 0 Å². The van der Waals surface area contributed by atoms with E-state index < -0.39 is 0 Å². The molecule has 4 rings (SSSR count). The number of aryl methyl sites for hydroxylation is 1. The van der Waals surface area contributed by atoms with Gasteiger partial charge in [0.05, 0.1) is 18.9 Å². The highest BCUT2D eigenvalue weighted by atomic mass is 32.2. The van der Waals surface area contributed by atoms with Crippen LogP contribution in [-0.2, 0) is 4.74 Å². The zero-order valence-corrected chi connectivity index (χ0v) is 18.3. The van der Waals surface area contributed by atoms with Crippen LogP contribution < -0.4 is 4.90 Å². The first-order valence-electron chi connectivity index (χ1n) is 10.4. The molecule has 1 saturated heterocycles. The van der Waals surface area contributed by atoms with E-state index in [4.69, 9.17) is 4.74 Å². The predicted octanol–water partition coefficient (Wildman–Crippen LogP) is 4.31. The molecule has 1 aliphatic rings. The van der Waals surface area contributed by atoms with E-state index in [2.05, 4.69) is 38.7 Å². The molecule has 0 atom stereocenters. The number of Topliss-reactive ketones (excluding diaryl/α,β-unsaturated/α-hetero) is 1. The van der Waals surface area contributed by atoms with Crippen LogP contribution in [0.4, 0.5) is 10.3 Å². The lowest BCUT2D eigenvalue weighted by Gasteiger charge is -2.28. The van der Waals surface area contributed by atoms with Gasteiger partial charge < -0.3 is 9.64 Å². The third-order valence-electron chi connectivity index (χ3n) is 5.21. The minimum Gasteiger partial charge on any atom is -0.378 e. The quantitative estimate of drug-likeness (QED) is 0.296. The number of benzene rings is 2. The van der Waals surface area contributed by atoms with Gasteiger partial charge in [-0.3, -0.25) is 9.36 Å². The topological polar surface area (TPSA) is 60.2 Å². The maximum Gasteiger partial charge on any atom is 0.232 e. The number of para-hydroxylation sites is 1. The Morgan fingerprint density at radius 2 is 1.84 bits per heavy atom. The van der Waals surface area contributed by atoms with Crippen molar-refractivity contribution in [3.63, 3.8) is 0 Å². The van der Waals surface area contributed by atoms with Crippen molar-refractivity contribution in [2.75, 3.05) is 37.0 Å². The van der Waals surface area contributed by atoms with Crippen molar-refractivity contribution in [3.8, 4) is 5.69 Å². The molecule has 8 heteroatoms. The molecule has 6 nitrogen and oxygen atoms in total. The van der Waals surface area contributed by atoms with E-state index in [1.54, 1.807) is 11.8 Å². The number of ketones is 1. The van der Waals surface area contributed by atoms with E-state index in [1.165, 1.54) is 24.3 Å². The number of ether oxygens (including phenoxy) is 1. The SMILES string of the molecule is Cc1ccccc1-n1c(SCCCC(=O)c2ccc(F)cc2)nnc1N1CCOCC1. The molecule has 0 radical (unpaired) electrons. The molecule has 162 valence electrons. The molecular weight excluding hydrogens is 415 g/mol. The number of hydrogen-bond donors (Lipinski definition) is 0. The van der Waals surface area contributed by atoms with E-state index >= 15 is 0 Å². The number of rotatable bonds is 8. The number of thioether (sulfide) groups is 1. The van der Waals surface area contributed by atoms with Crippen LogP contribution in [0.25, 0.3) is 5.69 Å². The Kier molecular flexibility index (Phi) is 6.99. The van der Waals surface area contributed by atoms with Crippen molar-refractivity contribution in [2.24, 2.45) is 0 Å². The number of aromatic nitrogens is 3. The van der Waals surface area contributed by atoms with E-state index in [1.807, 2.05) is 12.1 Å². The molecule has 0 saturated carbocycles. The zero-order valence-electron chi connectivity index (χ0n) is 17.5. The Morgan fingerprint density at radius 3 is 2.58 bits per heavy atom. The summed E-state index contributed by atoms with van der Waals surface area (Å²) in [4.78, 5) is 14.5. The van der Waals surface area contributed by atoms with Gasteiger partial charge in [-0.1, -0.05) is 30.0 Å². The monoisotopic (exact) mass is 440 g/mol. The molecule has 3 aromatic rings. The minimum absolute atomic E-state index is 0.0231. The molecule has 2 heterocycles. The Morgan fingerprint density at radius 1 is 1.10 bits per heavy atom. The fraction of sp³-hybridized carbons (Fsp3) is 0.348. The molecule has 1 aromatic heterocycles. The number of carbonyl (C=O) groups is 1. The van der Waals surface area contributed by atoms with Gasteiger partial charge >= 0.3 is 0 Å². The molecule has 0 N–H and O–H groups in total. The lowest BCUT2D eigenvalue weighted by atomic mass is 10.1. The Hall–Kier alpha value is -2.71. The van der Waals surface area contributed by atoms with E-state index in [0.29, 0.717) is 31.6 Å². The molecule has 0 unspecified atom stereocenters. The van der Waals surface area contributed by atoms with Gasteiger partial charge in [0.25, 0.3) is 0 Å². The highest BCUT2D eigenvalue weighted by Crippen LogP contribution is 2.29. The van der Waals surface area contributed by atoms with Crippen LogP contribution >= 0.6 is 11.8 Å². The van der Waals surface area contributed by atoms with E-state index in [-0.39, 0.29) is 11.6 Å². The average Bonchev–Trinajstić information content (AvgIpc) is 3.21. The highest BCUT2D eigenvalue weighted by Gasteiger charge is 2.22. The van der Waals surface area contributed by atoms with Crippen LogP contribution in [0.3, 0.4) is 0 Å². The summed E-state index contributed by atoms with van der Waals surface area (Å²) in [5.41, 5.74) is 2.74. The van der Waals surface area contributed by atoms with Crippen LogP contribution in [0.15, 0.2) is 53.7 Å². The molecule has 1 aliphatic heterocycles. The minimum atomic E-state index is -0.335. The first kappa shape index (κ1) is 21.5. The first-order chi connectivity index (χ1) is 15.1. The second-order valence-electron chi connectivity index (χ2n) is 7.39. The summed E-state index contributed by atoms with van der Waals surface area (Å²) in [5.74, 6) is 1.25. The number of morpholine rings is 1. The summed E-state index contributed by atoms with van der Waals surface area (Å²) in [6.07, 6.45) is 1.11. The molecular formula is C23H25FN4O2S. The number of anilines is 1. The fourth-order valence-electron chi connectivity index (χ4n) is 3.53. The Bertz CT molecular complexity index is 1030. The van der Waals surface area contributed by atoms with Crippen molar-refractivity contribution < 1.29 is 13.9 Å². The van der Waals surface area contributed by atoms with Gasteiger partial charge in [0.15, 0.2) is 10.9 Å². The zero-order chi connectivity index (χ0) is 21.6. The van der Waals surface area contributed by atoms with E-state index in [0.717, 1.165) is 41.2 Å². The third kappa shape index (κ3) is 5.14. The molecule has 0 spiro atoms. The largest absolute Gasteiger partial charge is 0.378 e. The summed E-state index contributed by atoms with van der Waals surface area (Å²) in [7, 11) is 0. The average molecular weight is 441 g/mol. The van der Waals surface area contributed by atoms with Crippen molar-refractivity contribution in [1.29, 1.82) is 0 Å². The number of nitrogens with zero attached hydrogens (tertiary/aromatic N) is 4. The Labute approximate surface area is 185 Å². The summed E-state index contributed by atoms with van der Waals surface area (Å²) in [6.45, 7) is 4.99. The second-order valence-corrected chi connectivity index (χ2v) is 8.45. The molecule has 1 fully saturated rings. The van der Waals surface area contributed by atoms with Crippen LogP contribution in [-0.4, -0.2) is 52.6 Å². The number of carbonyl (C=O) groups excluding carboxylic acids is 1. The maximum atomic E-state index is 13.0. The smallest absolute Gasteiger partial charge is 0.232 e. The van der Waals surface area contributed by atoms with Gasteiger partial charge in [0.1, 0.15) is 5.82 Å². The summed E-state index contributed by atoms with van der Waals surface area (Å²) in [6, 6.07) is 13.9. The van der Waals surface area contributed by atoms with Gasteiger partial charge in [-0.05, 0) is 49.2 Å². The summed E-state index contributed by atoms with van der Waals surface area (Å²) < 4.78 is 20.6. The standard InChI is InChI=1S/C23H25FN4O2S/c1-17-5-2-3-6-20(17)28-22(27-12-14-30-15-13-27)25-26-23(28)31-16-4-7-21(29)18-8-10-19(24)11-9-18/h2-3,5-6,8-11H,4,7,12-16H2,1H3. The van der Waals surface area contributed by atoms with Crippen LogP contribution in [0, 0.1) is 12.7 Å². The molecule has 0 bridgehead atoms. The van der Waals surface area contributed by atoms with Crippen molar-refractivity contribution in [3.05, 3.63) is 65.5 Å². The second kappa shape index (κ2) is 10.1. The van der Waals surface area contributed by atoms with Gasteiger partial charge in [-0.15, -0.1) is 10.2 Å². The predicted molar refractivity (Wildman–Crippen MR) is 120 cm³/mol. The highest BCUT2D eigenvalue weighted by molar-refractivity contribution is 7.99. The normalized spacial score (nSPS) is 14.1. The molecule has 2 aromatic carbocycles. The van der Waals surface area contributed by atoms with Gasteiger partial charge in [-0.25, -0.2) is 4.39 Å². The molecule has 0 amide bonds. The van der Waals surface area contributed by atoms with Gasteiger partial charge in [0, 0.05) is 30.8 Å². The lowest BCUT2D eigenvalue weighted by molar-refractivity contribution is 0.0982. The number of hydrogen-bond acceptors (Lipinski definition) is 6. The summed E-state index contributed by atoms with van der Waals surface area (Å²) >= 11 is 1.59. The number of halogens is 1. The molecule has 31 heavy (non-hydrogen) atoms. The van der Waals surface area contributed by atoms with Gasteiger partial charge in [0.2, 0.25) is 5.95 Å². The van der Waals surface area contributed by atoms with Crippen molar-refractivity contribution in [2.45, 2.75) is 24.9 Å². The molecule has 0 aliphatic carbocycles. The summed E-state index contributed by atoms with van der Waals surface area (Å²) in [5, 5.41) is 9.76. The Balaban J connectivity index is 1.46. The van der Waals surface area contributed by atoms with Crippen LogP contribution in [0.5, 0.6) is 0 Å². The van der Waals surface area contributed by atoms with Crippen LogP contribution in [0.2, 0.25) is 0 Å². The van der Waals surface area contributed by atoms with E-state index in [9.17, 15) is 9.18 Å². The third-order valence-corrected chi connectivity index (χ3v) is 6.23. The van der Waals surface area contributed by atoms with Crippen molar-refractivity contribution >= 4 is 23.5 Å². The fourth-order valence-corrected chi connectivity index (χ4v) is 4.40. The van der Waals surface area contributed by atoms with Crippen molar-refractivity contribution in [1.82, 2.24) is 14.8 Å².